The van der Waals surface area contributed by atoms with Crippen LogP contribution in [-0.2, 0) is 4.74 Å². The average molecular weight is 492 g/mol. The van der Waals surface area contributed by atoms with Crippen LogP contribution in [0.25, 0.3) is 0 Å². The van der Waals surface area contributed by atoms with Crippen molar-refractivity contribution in [2.24, 2.45) is 10.9 Å². The molecule has 1 aliphatic rings. The van der Waals surface area contributed by atoms with E-state index in [0.717, 1.165) is 24.1 Å². The Morgan fingerprint density at radius 2 is 1.86 bits per heavy atom. The van der Waals surface area contributed by atoms with E-state index >= 15 is 0 Å². The van der Waals surface area contributed by atoms with Gasteiger partial charge < -0.3 is 19.7 Å². The number of nitrogens with one attached hydrogen (secondary N) is 2. The van der Waals surface area contributed by atoms with Crippen LogP contribution in [0.4, 0.5) is 5.69 Å². The van der Waals surface area contributed by atoms with Crippen molar-refractivity contribution < 1.29 is 14.3 Å². The molecule has 0 aliphatic heterocycles. The van der Waals surface area contributed by atoms with Crippen LogP contribution in [0, 0.1) is 17.4 Å². The Morgan fingerprint density at radius 1 is 1.14 bits per heavy atom. The maximum atomic E-state index is 13.3. The fourth-order valence-corrected chi connectivity index (χ4v) is 4.79. The SMILES string of the molecule is CCN(C(=NCCOC)NC#N)c1ccc(C(NC(=O)c2ccccc2OC)C2CCCCC2)cc1. The van der Waals surface area contributed by atoms with Gasteiger partial charge in [-0.15, -0.1) is 0 Å². The van der Waals surface area contributed by atoms with E-state index in [1.54, 1.807) is 26.4 Å². The van der Waals surface area contributed by atoms with Crippen molar-refractivity contribution in [3.05, 3.63) is 59.7 Å². The van der Waals surface area contributed by atoms with E-state index < -0.39 is 0 Å². The van der Waals surface area contributed by atoms with Crippen molar-refractivity contribution in [3.8, 4) is 11.9 Å². The lowest BCUT2D eigenvalue weighted by Crippen LogP contribution is -2.40. The summed E-state index contributed by atoms with van der Waals surface area (Å²) in [5.41, 5.74) is 2.52. The standard InChI is InChI=1S/C28H37N5O3/c1-4-33(28(31-20-29)30-18-19-35-2)23-16-14-22(15-17-23)26(21-10-6-5-7-11-21)32-27(34)24-12-8-9-13-25(24)36-3/h8-9,12-17,21,26H,4-7,10-11,18-19H2,1-3H3,(H,30,31)(H,32,34). The number of carbonyl (C=O) groups excluding carboxylic acids is 1. The number of guanidine groups is 1. The Morgan fingerprint density at radius 3 is 2.50 bits per heavy atom. The van der Waals surface area contributed by atoms with Crippen molar-refractivity contribution in [3.63, 3.8) is 0 Å². The number of methoxy groups -OCH3 is 2. The van der Waals surface area contributed by atoms with E-state index in [0.29, 0.717) is 42.9 Å². The summed E-state index contributed by atoms with van der Waals surface area (Å²) in [5.74, 6) is 1.29. The first kappa shape index (κ1) is 27.0. The number of nitrogens with zero attached hydrogens (tertiary/aromatic N) is 3. The number of nitriles is 1. The number of para-hydroxylation sites is 1. The van der Waals surface area contributed by atoms with Crippen molar-refractivity contribution in [2.75, 3.05) is 38.8 Å². The molecule has 1 fully saturated rings. The van der Waals surface area contributed by atoms with Crippen LogP contribution in [0.3, 0.4) is 0 Å². The molecule has 1 atom stereocenters. The summed E-state index contributed by atoms with van der Waals surface area (Å²) < 4.78 is 10.5. The number of rotatable bonds is 10. The first-order valence-electron chi connectivity index (χ1n) is 12.6. The Kier molecular flexibility index (Phi) is 10.6. The van der Waals surface area contributed by atoms with Gasteiger partial charge in [-0.3, -0.25) is 10.1 Å². The number of benzene rings is 2. The molecule has 2 aromatic rings. The number of ether oxygens (including phenoxy) is 2. The van der Waals surface area contributed by atoms with Gasteiger partial charge in [0.1, 0.15) is 5.75 Å². The van der Waals surface area contributed by atoms with Gasteiger partial charge in [-0.2, -0.15) is 5.26 Å². The Labute approximate surface area is 214 Å². The lowest BCUT2D eigenvalue weighted by Gasteiger charge is -2.32. The third-order valence-corrected chi connectivity index (χ3v) is 6.62. The molecule has 2 aromatic carbocycles. The van der Waals surface area contributed by atoms with E-state index in [9.17, 15) is 10.1 Å². The summed E-state index contributed by atoms with van der Waals surface area (Å²) in [6.07, 6.45) is 7.74. The van der Waals surface area contributed by atoms with E-state index in [2.05, 4.69) is 27.8 Å². The molecule has 0 aromatic heterocycles. The van der Waals surface area contributed by atoms with Crippen molar-refractivity contribution in [1.82, 2.24) is 10.6 Å². The molecule has 0 heterocycles. The lowest BCUT2D eigenvalue weighted by molar-refractivity contribution is 0.0909. The number of carbonyl (C=O) groups is 1. The second-order valence-corrected chi connectivity index (χ2v) is 8.82. The van der Waals surface area contributed by atoms with Gasteiger partial charge in [0.2, 0.25) is 5.96 Å². The molecule has 1 aliphatic carbocycles. The third-order valence-electron chi connectivity index (χ3n) is 6.62. The second kappa shape index (κ2) is 14.1. The molecule has 0 radical (unpaired) electrons. The minimum atomic E-state index is -0.131. The number of hydrogen-bond donors (Lipinski definition) is 2. The predicted octanol–water partition coefficient (Wildman–Crippen LogP) is 4.65. The van der Waals surface area contributed by atoms with Crippen molar-refractivity contribution in [1.29, 1.82) is 5.26 Å². The smallest absolute Gasteiger partial charge is 0.255 e. The van der Waals surface area contributed by atoms with Gasteiger partial charge in [0.05, 0.1) is 31.9 Å². The molecule has 2 N–H and O–H groups in total. The molecular weight excluding hydrogens is 454 g/mol. The Hall–Kier alpha value is -3.57. The molecule has 0 spiro atoms. The van der Waals surface area contributed by atoms with E-state index in [4.69, 9.17) is 9.47 Å². The summed E-state index contributed by atoms with van der Waals surface area (Å²) in [6, 6.07) is 15.4. The normalized spacial score (nSPS) is 15.0. The minimum absolute atomic E-state index is 0.0982. The summed E-state index contributed by atoms with van der Waals surface area (Å²) in [4.78, 5) is 19.7. The summed E-state index contributed by atoms with van der Waals surface area (Å²) in [7, 11) is 3.20. The highest BCUT2D eigenvalue weighted by Gasteiger charge is 2.28. The number of amides is 1. The second-order valence-electron chi connectivity index (χ2n) is 8.82. The van der Waals surface area contributed by atoms with Crippen LogP contribution in [0.15, 0.2) is 53.5 Å². The number of aliphatic imine (C=N–C) groups is 1. The molecule has 1 saturated carbocycles. The van der Waals surface area contributed by atoms with Gasteiger partial charge in [0.25, 0.3) is 5.91 Å². The number of hydrogen-bond acceptors (Lipinski definition) is 5. The highest BCUT2D eigenvalue weighted by molar-refractivity contribution is 5.97. The first-order chi connectivity index (χ1) is 17.6. The summed E-state index contributed by atoms with van der Waals surface area (Å²) in [6.45, 7) is 3.57. The topological polar surface area (TPSA) is 99.0 Å². The molecule has 3 rings (SSSR count). The van der Waals surface area contributed by atoms with Crippen molar-refractivity contribution in [2.45, 2.75) is 45.1 Å². The van der Waals surface area contributed by atoms with Crippen LogP contribution in [0.5, 0.6) is 5.75 Å². The van der Waals surface area contributed by atoms with Gasteiger partial charge in [0.15, 0.2) is 6.19 Å². The summed E-state index contributed by atoms with van der Waals surface area (Å²) >= 11 is 0. The zero-order chi connectivity index (χ0) is 25.8. The van der Waals surface area contributed by atoms with Gasteiger partial charge in [0, 0.05) is 19.3 Å². The molecule has 8 nitrogen and oxygen atoms in total. The van der Waals surface area contributed by atoms with Crippen LogP contribution < -0.4 is 20.3 Å². The van der Waals surface area contributed by atoms with Gasteiger partial charge >= 0.3 is 0 Å². The molecule has 0 bridgehead atoms. The maximum Gasteiger partial charge on any atom is 0.255 e. The van der Waals surface area contributed by atoms with Gasteiger partial charge in [-0.25, -0.2) is 4.99 Å². The van der Waals surface area contributed by atoms with Crippen LogP contribution in [0.2, 0.25) is 0 Å². The highest BCUT2D eigenvalue weighted by atomic mass is 16.5. The molecule has 1 unspecified atom stereocenters. The van der Waals surface area contributed by atoms with E-state index in [-0.39, 0.29) is 11.9 Å². The largest absolute Gasteiger partial charge is 0.496 e. The quantitative estimate of drug-likeness (QED) is 0.165. The monoisotopic (exact) mass is 491 g/mol. The fraction of sp³-hybridized carbons (Fsp3) is 0.464. The van der Waals surface area contributed by atoms with Gasteiger partial charge in [-0.1, -0.05) is 43.5 Å². The highest BCUT2D eigenvalue weighted by Crippen LogP contribution is 2.35. The maximum absolute atomic E-state index is 13.3. The van der Waals surface area contributed by atoms with Gasteiger partial charge in [-0.05, 0) is 55.5 Å². The third kappa shape index (κ3) is 6.98. The fourth-order valence-electron chi connectivity index (χ4n) is 4.79. The molecule has 0 saturated heterocycles. The zero-order valence-corrected chi connectivity index (χ0v) is 21.5. The summed E-state index contributed by atoms with van der Waals surface area (Å²) in [5, 5.41) is 15.2. The first-order valence-corrected chi connectivity index (χ1v) is 12.6. The van der Waals surface area contributed by atoms with E-state index in [1.807, 2.05) is 42.3 Å². The molecule has 8 heteroatoms. The lowest BCUT2D eigenvalue weighted by atomic mass is 9.81. The minimum Gasteiger partial charge on any atom is -0.496 e. The predicted molar refractivity (Wildman–Crippen MR) is 142 cm³/mol. The molecule has 1 amide bonds. The van der Waals surface area contributed by atoms with Crippen LogP contribution >= 0.6 is 0 Å². The number of anilines is 1. The Bertz CT molecular complexity index is 1040. The molecule has 192 valence electrons. The van der Waals surface area contributed by atoms with Crippen LogP contribution in [0.1, 0.15) is 61.0 Å². The van der Waals surface area contributed by atoms with E-state index in [1.165, 1.54) is 19.3 Å². The van der Waals surface area contributed by atoms with Crippen LogP contribution in [-0.4, -0.2) is 45.8 Å². The molecule has 36 heavy (non-hydrogen) atoms. The average Bonchev–Trinajstić information content (AvgIpc) is 2.93. The van der Waals surface area contributed by atoms with Crippen molar-refractivity contribution >= 4 is 17.6 Å². The molecular formula is C28H37N5O3. The zero-order valence-electron chi connectivity index (χ0n) is 21.5. The Balaban J connectivity index is 1.87.